The number of alkyl halides is 3. The number of aryl methyl sites for hydroxylation is 1. The van der Waals surface area contributed by atoms with Crippen LogP contribution in [0.1, 0.15) is 11.9 Å². The molecular formula is C19H17F3N2O4S2. The molecule has 0 fully saturated rings. The molecule has 0 saturated carbocycles. The van der Waals surface area contributed by atoms with E-state index in [1.54, 1.807) is 19.1 Å². The molecule has 3 aromatic rings. The van der Waals surface area contributed by atoms with Crippen LogP contribution in [0, 0.1) is 6.92 Å². The van der Waals surface area contributed by atoms with Crippen LogP contribution in [0.5, 0.6) is 11.5 Å². The molecule has 0 aliphatic rings. The molecule has 1 aromatic heterocycles. The first-order valence-corrected chi connectivity index (χ1v) is 11.0. The minimum Gasteiger partial charge on any atom is -0.492 e. The molecule has 0 amide bonds. The molecule has 11 heteroatoms. The smallest absolute Gasteiger partial charge is 0.492 e. The van der Waals surface area contributed by atoms with E-state index in [2.05, 4.69) is 14.4 Å². The Bertz CT molecular complexity index is 1130. The standard InChI is InChI=1S/C19H17F3N2O4S2/c1-3-27-17-9-4-13(16-11-29-12(2)23-16)10-18(17)30(25,26)24-14-5-7-15(8-6-14)28-19(20,21)22/h4-11,24H,3H2,1-2H3. The van der Waals surface area contributed by atoms with E-state index in [1.807, 2.05) is 12.3 Å². The molecule has 30 heavy (non-hydrogen) atoms. The molecular weight excluding hydrogens is 441 g/mol. The van der Waals surface area contributed by atoms with Gasteiger partial charge in [-0.1, -0.05) is 0 Å². The Morgan fingerprint density at radius 3 is 2.40 bits per heavy atom. The van der Waals surface area contributed by atoms with E-state index in [4.69, 9.17) is 4.74 Å². The topological polar surface area (TPSA) is 77.5 Å². The molecule has 0 aliphatic heterocycles. The largest absolute Gasteiger partial charge is 0.573 e. The van der Waals surface area contributed by atoms with Gasteiger partial charge in [0.2, 0.25) is 0 Å². The van der Waals surface area contributed by atoms with Crippen molar-refractivity contribution in [3.05, 3.63) is 52.9 Å². The Morgan fingerprint density at radius 2 is 1.83 bits per heavy atom. The van der Waals surface area contributed by atoms with Crippen LogP contribution in [0.2, 0.25) is 0 Å². The number of halogens is 3. The van der Waals surface area contributed by atoms with Gasteiger partial charge in [-0.15, -0.1) is 24.5 Å². The number of ether oxygens (including phenoxy) is 2. The Morgan fingerprint density at radius 1 is 1.13 bits per heavy atom. The minimum absolute atomic E-state index is 0.0712. The molecule has 0 unspecified atom stereocenters. The fourth-order valence-corrected chi connectivity index (χ4v) is 4.44. The number of benzene rings is 2. The summed E-state index contributed by atoms with van der Waals surface area (Å²) in [6, 6.07) is 9.08. The zero-order valence-corrected chi connectivity index (χ0v) is 17.5. The minimum atomic E-state index is -4.83. The van der Waals surface area contributed by atoms with Crippen LogP contribution in [-0.2, 0) is 10.0 Å². The number of aromatic nitrogens is 1. The highest BCUT2D eigenvalue weighted by Crippen LogP contribution is 2.32. The second kappa shape index (κ2) is 8.52. The summed E-state index contributed by atoms with van der Waals surface area (Å²) in [6.07, 6.45) is -4.83. The summed E-state index contributed by atoms with van der Waals surface area (Å²) in [5.74, 6) is -0.306. The predicted octanol–water partition coefficient (Wildman–Crippen LogP) is 5.22. The highest BCUT2D eigenvalue weighted by Gasteiger charge is 2.31. The Balaban J connectivity index is 1.92. The normalized spacial score (nSPS) is 11.9. The van der Waals surface area contributed by atoms with Gasteiger partial charge in [-0.05, 0) is 56.3 Å². The van der Waals surface area contributed by atoms with Crippen LogP contribution in [0.4, 0.5) is 18.9 Å². The maximum Gasteiger partial charge on any atom is 0.573 e. The third-order valence-electron chi connectivity index (χ3n) is 3.79. The Labute approximate surface area is 175 Å². The zero-order valence-electron chi connectivity index (χ0n) is 15.9. The second-order valence-corrected chi connectivity index (χ2v) is 8.74. The van der Waals surface area contributed by atoms with Crippen molar-refractivity contribution in [2.24, 2.45) is 0 Å². The van der Waals surface area contributed by atoms with Crippen molar-refractivity contribution in [3.8, 4) is 22.8 Å². The summed E-state index contributed by atoms with van der Waals surface area (Å²) in [7, 11) is -4.10. The van der Waals surface area contributed by atoms with E-state index in [1.165, 1.54) is 29.5 Å². The van der Waals surface area contributed by atoms with Crippen LogP contribution in [0.15, 0.2) is 52.7 Å². The summed E-state index contributed by atoms with van der Waals surface area (Å²) in [4.78, 5) is 4.25. The van der Waals surface area contributed by atoms with Crippen molar-refractivity contribution >= 4 is 27.0 Å². The average molecular weight is 458 g/mol. The number of rotatable bonds is 7. The van der Waals surface area contributed by atoms with Gasteiger partial charge >= 0.3 is 6.36 Å². The quantitative estimate of drug-likeness (QED) is 0.526. The molecule has 0 aliphatic carbocycles. The number of sulfonamides is 1. The van der Waals surface area contributed by atoms with E-state index in [0.717, 1.165) is 17.1 Å². The third kappa shape index (κ3) is 5.42. The van der Waals surface area contributed by atoms with E-state index >= 15 is 0 Å². The molecule has 0 saturated heterocycles. The third-order valence-corrected chi connectivity index (χ3v) is 5.96. The van der Waals surface area contributed by atoms with Crippen molar-refractivity contribution in [2.75, 3.05) is 11.3 Å². The molecule has 2 aromatic carbocycles. The molecule has 1 N–H and O–H groups in total. The molecule has 0 atom stereocenters. The summed E-state index contributed by atoms with van der Waals surface area (Å²) in [6.45, 7) is 3.82. The monoisotopic (exact) mass is 458 g/mol. The highest BCUT2D eigenvalue weighted by molar-refractivity contribution is 7.92. The number of nitrogens with zero attached hydrogens (tertiary/aromatic N) is 1. The predicted molar refractivity (Wildman–Crippen MR) is 107 cm³/mol. The lowest BCUT2D eigenvalue weighted by Crippen LogP contribution is -2.17. The van der Waals surface area contributed by atoms with E-state index in [0.29, 0.717) is 11.3 Å². The Hall–Kier alpha value is -2.79. The van der Waals surface area contributed by atoms with Gasteiger partial charge in [0.15, 0.2) is 0 Å². The lowest BCUT2D eigenvalue weighted by molar-refractivity contribution is -0.274. The van der Waals surface area contributed by atoms with Gasteiger partial charge in [-0.25, -0.2) is 13.4 Å². The van der Waals surface area contributed by atoms with Gasteiger partial charge in [-0.2, -0.15) is 0 Å². The van der Waals surface area contributed by atoms with Crippen LogP contribution < -0.4 is 14.2 Å². The summed E-state index contributed by atoms with van der Waals surface area (Å²) >= 11 is 1.44. The van der Waals surface area contributed by atoms with Gasteiger partial charge < -0.3 is 9.47 Å². The lowest BCUT2D eigenvalue weighted by Gasteiger charge is -2.14. The molecule has 0 bridgehead atoms. The van der Waals surface area contributed by atoms with Crippen molar-refractivity contribution in [2.45, 2.75) is 25.1 Å². The number of hydrogen-bond acceptors (Lipinski definition) is 6. The fraction of sp³-hybridized carbons (Fsp3) is 0.211. The van der Waals surface area contributed by atoms with Gasteiger partial charge in [0.25, 0.3) is 10.0 Å². The fourth-order valence-electron chi connectivity index (χ4n) is 2.58. The Kier molecular flexibility index (Phi) is 6.22. The van der Waals surface area contributed by atoms with Crippen LogP contribution in [0.25, 0.3) is 11.3 Å². The van der Waals surface area contributed by atoms with Gasteiger partial charge in [0.05, 0.1) is 17.3 Å². The summed E-state index contributed by atoms with van der Waals surface area (Å²) < 4.78 is 74.4. The first-order chi connectivity index (χ1) is 14.1. The maximum atomic E-state index is 13.0. The molecule has 160 valence electrons. The second-order valence-electron chi connectivity index (χ2n) is 6.02. The number of hydrogen-bond donors (Lipinski definition) is 1. The number of thiazole rings is 1. The van der Waals surface area contributed by atoms with Crippen molar-refractivity contribution in [1.29, 1.82) is 0 Å². The van der Waals surface area contributed by atoms with E-state index < -0.39 is 22.1 Å². The average Bonchev–Trinajstić information content (AvgIpc) is 3.09. The summed E-state index contributed by atoms with van der Waals surface area (Å²) in [5, 5.41) is 2.65. The van der Waals surface area contributed by atoms with Crippen molar-refractivity contribution < 1.29 is 31.1 Å². The van der Waals surface area contributed by atoms with Crippen LogP contribution in [-0.4, -0.2) is 26.4 Å². The number of anilines is 1. The molecule has 6 nitrogen and oxygen atoms in total. The molecule has 3 rings (SSSR count). The zero-order chi connectivity index (χ0) is 21.9. The summed E-state index contributed by atoms with van der Waals surface area (Å²) in [5.41, 5.74) is 1.30. The number of nitrogens with one attached hydrogen (secondary N) is 1. The van der Waals surface area contributed by atoms with Gasteiger partial charge in [0, 0.05) is 16.6 Å². The maximum absolute atomic E-state index is 13.0. The van der Waals surface area contributed by atoms with E-state index in [-0.39, 0.29) is 22.9 Å². The molecule has 1 heterocycles. The molecule has 0 spiro atoms. The van der Waals surface area contributed by atoms with Gasteiger partial charge in [0.1, 0.15) is 16.4 Å². The first kappa shape index (κ1) is 21.9. The first-order valence-electron chi connectivity index (χ1n) is 8.65. The van der Waals surface area contributed by atoms with Crippen molar-refractivity contribution in [1.82, 2.24) is 4.98 Å². The van der Waals surface area contributed by atoms with E-state index in [9.17, 15) is 21.6 Å². The molecule has 0 radical (unpaired) electrons. The van der Waals surface area contributed by atoms with Crippen molar-refractivity contribution in [3.63, 3.8) is 0 Å². The van der Waals surface area contributed by atoms with Gasteiger partial charge in [-0.3, -0.25) is 4.72 Å². The lowest BCUT2D eigenvalue weighted by atomic mass is 10.2. The highest BCUT2D eigenvalue weighted by atomic mass is 32.2. The van der Waals surface area contributed by atoms with Crippen LogP contribution in [0.3, 0.4) is 0 Å². The SMILES string of the molecule is CCOc1ccc(-c2csc(C)n2)cc1S(=O)(=O)Nc1ccc(OC(F)(F)F)cc1. The van der Waals surface area contributed by atoms with Crippen LogP contribution >= 0.6 is 11.3 Å².